The zero-order chi connectivity index (χ0) is 19.5. The number of fused-ring (bicyclic) bond motifs is 2. The van der Waals surface area contributed by atoms with Crippen LogP contribution >= 0.6 is 0 Å². The van der Waals surface area contributed by atoms with Crippen LogP contribution < -0.4 is 4.90 Å². The Morgan fingerprint density at radius 3 is 2.93 bits per heavy atom. The molecule has 2 aliphatic rings. The standard InChI is InChI=1S/C19H20N6O2S/c1-13-11-16-19(20-8-10-25(16)21-13)24-9-7-14(12-24)23(2)18-15-5-3-4-6-17(15)28(26,27)22-18/h3-6,8,10-11,14H,7,9,12H2,1-2H3. The van der Waals surface area contributed by atoms with Crippen molar-refractivity contribution in [3.63, 3.8) is 0 Å². The highest BCUT2D eigenvalue weighted by molar-refractivity contribution is 7.90. The minimum absolute atomic E-state index is 0.145. The first-order chi connectivity index (χ1) is 13.4. The number of anilines is 1. The van der Waals surface area contributed by atoms with Crippen molar-refractivity contribution < 1.29 is 8.42 Å². The molecule has 144 valence electrons. The lowest BCUT2D eigenvalue weighted by molar-refractivity contribution is 0.393. The summed E-state index contributed by atoms with van der Waals surface area (Å²) in [7, 11) is -1.69. The molecule has 0 N–H and O–H groups in total. The van der Waals surface area contributed by atoms with E-state index in [0.717, 1.165) is 36.5 Å². The first-order valence-electron chi connectivity index (χ1n) is 9.17. The molecule has 0 radical (unpaired) electrons. The summed E-state index contributed by atoms with van der Waals surface area (Å²) in [5, 5.41) is 4.46. The van der Waals surface area contributed by atoms with Crippen LogP contribution in [0.25, 0.3) is 5.52 Å². The van der Waals surface area contributed by atoms with E-state index >= 15 is 0 Å². The number of rotatable bonds is 2. The second kappa shape index (κ2) is 6.03. The van der Waals surface area contributed by atoms with Crippen LogP contribution in [0.5, 0.6) is 0 Å². The number of benzene rings is 1. The van der Waals surface area contributed by atoms with Gasteiger partial charge in [-0.25, -0.2) is 9.50 Å². The molecule has 0 saturated carbocycles. The summed E-state index contributed by atoms with van der Waals surface area (Å²) in [5.41, 5.74) is 2.61. The molecule has 1 atom stereocenters. The second-order valence-electron chi connectivity index (χ2n) is 7.25. The van der Waals surface area contributed by atoms with Gasteiger partial charge in [0.05, 0.1) is 5.69 Å². The minimum Gasteiger partial charge on any atom is -0.354 e. The van der Waals surface area contributed by atoms with Crippen LogP contribution in [-0.4, -0.2) is 59.9 Å². The Labute approximate surface area is 163 Å². The number of amidine groups is 1. The number of hydrogen-bond acceptors (Lipinski definition) is 6. The van der Waals surface area contributed by atoms with Crippen LogP contribution in [0.1, 0.15) is 17.7 Å². The summed E-state index contributed by atoms with van der Waals surface area (Å²) >= 11 is 0. The molecule has 0 spiro atoms. The van der Waals surface area contributed by atoms with Gasteiger partial charge in [-0.2, -0.15) is 13.5 Å². The van der Waals surface area contributed by atoms with Gasteiger partial charge in [-0.15, -0.1) is 4.40 Å². The smallest absolute Gasteiger partial charge is 0.285 e. The Bertz CT molecular complexity index is 1220. The van der Waals surface area contributed by atoms with E-state index in [4.69, 9.17) is 0 Å². The van der Waals surface area contributed by atoms with Crippen LogP contribution in [0, 0.1) is 6.92 Å². The summed E-state index contributed by atoms with van der Waals surface area (Å²) in [4.78, 5) is 9.08. The third-order valence-electron chi connectivity index (χ3n) is 5.45. The number of hydrogen-bond donors (Lipinski definition) is 0. The third-order valence-corrected chi connectivity index (χ3v) is 6.77. The molecule has 1 saturated heterocycles. The van der Waals surface area contributed by atoms with Gasteiger partial charge >= 0.3 is 0 Å². The number of nitrogens with zero attached hydrogens (tertiary/aromatic N) is 6. The van der Waals surface area contributed by atoms with Crippen molar-refractivity contribution in [2.24, 2.45) is 4.40 Å². The monoisotopic (exact) mass is 396 g/mol. The lowest BCUT2D eigenvalue weighted by atomic mass is 10.1. The average Bonchev–Trinajstić information content (AvgIpc) is 3.36. The third kappa shape index (κ3) is 2.57. The fourth-order valence-electron chi connectivity index (χ4n) is 4.04. The van der Waals surface area contributed by atoms with Crippen LogP contribution in [0.2, 0.25) is 0 Å². The molecule has 2 aliphatic heterocycles. The molecule has 3 aromatic rings. The zero-order valence-corrected chi connectivity index (χ0v) is 16.5. The normalized spacial score (nSPS) is 20.4. The van der Waals surface area contributed by atoms with Crippen molar-refractivity contribution in [3.05, 3.63) is 54.0 Å². The van der Waals surface area contributed by atoms with E-state index in [-0.39, 0.29) is 10.9 Å². The van der Waals surface area contributed by atoms with Crippen molar-refractivity contribution in [1.29, 1.82) is 0 Å². The SMILES string of the molecule is Cc1cc2c(N3CCC(N(C)C4=NS(=O)(=O)c5ccccc54)C3)nccn2n1. The largest absolute Gasteiger partial charge is 0.354 e. The van der Waals surface area contributed by atoms with Gasteiger partial charge in [0, 0.05) is 44.1 Å². The molecule has 1 unspecified atom stereocenters. The summed E-state index contributed by atoms with van der Waals surface area (Å²) in [6, 6.07) is 9.18. The minimum atomic E-state index is -3.61. The van der Waals surface area contributed by atoms with Gasteiger partial charge in [0.15, 0.2) is 11.7 Å². The molecular formula is C19H20N6O2S. The highest BCUT2D eigenvalue weighted by atomic mass is 32.2. The van der Waals surface area contributed by atoms with Gasteiger partial charge in [0.2, 0.25) is 0 Å². The Morgan fingerprint density at radius 1 is 1.25 bits per heavy atom. The average molecular weight is 396 g/mol. The van der Waals surface area contributed by atoms with Crippen LogP contribution in [-0.2, 0) is 10.0 Å². The molecule has 2 aromatic heterocycles. The highest BCUT2D eigenvalue weighted by Crippen LogP contribution is 2.30. The maximum Gasteiger partial charge on any atom is 0.285 e. The Balaban J connectivity index is 1.44. The lowest BCUT2D eigenvalue weighted by Gasteiger charge is -2.27. The summed E-state index contributed by atoms with van der Waals surface area (Å²) in [6.07, 6.45) is 4.50. The van der Waals surface area contributed by atoms with E-state index in [1.54, 1.807) is 18.3 Å². The predicted molar refractivity (Wildman–Crippen MR) is 106 cm³/mol. The summed E-state index contributed by atoms with van der Waals surface area (Å²) < 4.78 is 30.6. The van der Waals surface area contributed by atoms with E-state index in [2.05, 4.69) is 19.4 Å². The van der Waals surface area contributed by atoms with Gasteiger partial charge in [0.25, 0.3) is 10.0 Å². The van der Waals surface area contributed by atoms with E-state index < -0.39 is 10.0 Å². The van der Waals surface area contributed by atoms with Crippen molar-refractivity contribution in [1.82, 2.24) is 19.5 Å². The number of likely N-dealkylation sites (N-methyl/N-ethyl adjacent to an activating group) is 1. The van der Waals surface area contributed by atoms with Gasteiger partial charge in [-0.05, 0) is 31.5 Å². The quantitative estimate of drug-likeness (QED) is 0.656. The predicted octanol–water partition coefficient (Wildman–Crippen LogP) is 1.70. The van der Waals surface area contributed by atoms with Crippen molar-refractivity contribution in [3.8, 4) is 0 Å². The molecule has 8 nitrogen and oxygen atoms in total. The van der Waals surface area contributed by atoms with Crippen molar-refractivity contribution >= 4 is 27.2 Å². The van der Waals surface area contributed by atoms with Crippen LogP contribution in [0.4, 0.5) is 5.82 Å². The highest BCUT2D eigenvalue weighted by Gasteiger charge is 2.35. The molecule has 0 bridgehead atoms. The molecule has 1 aromatic carbocycles. The number of sulfonamides is 1. The maximum absolute atomic E-state index is 12.4. The second-order valence-corrected chi connectivity index (χ2v) is 8.82. The number of aromatic nitrogens is 3. The molecule has 28 heavy (non-hydrogen) atoms. The number of aryl methyl sites for hydroxylation is 1. The Kier molecular flexibility index (Phi) is 3.70. The van der Waals surface area contributed by atoms with E-state index in [1.807, 2.05) is 47.8 Å². The van der Waals surface area contributed by atoms with Gasteiger partial charge in [0.1, 0.15) is 10.4 Å². The van der Waals surface area contributed by atoms with Crippen molar-refractivity contribution in [2.75, 3.05) is 25.0 Å². The van der Waals surface area contributed by atoms with Gasteiger partial charge < -0.3 is 9.80 Å². The topological polar surface area (TPSA) is 83.2 Å². The molecular weight excluding hydrogens is 376 g/mol. The van der Waals surface area contributed by atoms with Crippen LogP contribution in [0.15, 0.2) is 52.0 Å². The van der Waals surface area contributed by atoms with E-state index in [9.17, 15) is 8.42 Å². The molecule has 5 rings (SSSR count). The van der Waals surface area contributed by atoms with E-state index in [0.29, 0.717) is 11.4 Å². The molecule has 9 heteroatoms. The fourth-order valence-corrected chi connectivity index (χ4v) is 5.28. The zero-order valence-electron chi connectivity index (χ0n) is 15.6. The maximum atomic E-state index is 12.4. The molecule has 0 aliphatic carbocycles. The summed E-state index contributed by atoms with van der Waals surface area (Å²) in [5.74, 6) is 1.43. The Morgan fingerprint density at radius 2 is 2.07 bits per heavy atom. The lowest BCUT2D eigenvalue weighted by Crippen LogP contribution is -2.39. The molecule has 0 amide bonds. The Hall–Kier alpha value is -2.94. The van der Waals surface area contributed by atoms with Crippen molar-refractivity contribution in [2.45, 2.75) is 24.3 Å². The first-order valence-corrected chi connectivity index (χ1v) is 10.6. The first kappa shape index (κ1) is 17.2. The van der Waals surface area contributed by atoms with E-state index in [1.165, 1.54) is 0 Å². The molecule has 4 heterocycles. The van der Waals surface area contributed by atoms with Gasteiger partial charge in [-0.1, -0.05) is 12.1 Å². The van der Waals surface area contributed by atoms with Gasteiger partial charge in [-0.3, -0.25) is 0 Å². The summed E-state index contributed by atoms with van der Waals surface area (Å²) in [6.45, 7) is 3.55. The van der Waals surface area contributed by atoms with Crippen LogP contribution in [0.3, 0.4) is 0 Å². The fraction of sp³-hybridized carbons (Fsp3) is 0.316. The molecule has 1 fully saturated rings.